The Morgan fingerprint density at radius 2 is 1.37 bits per heavy atom. The highest BCUT2D eigenvalue weighted by Gasteiger charge is 2.25. The van der Waals surface area contributed by atoms with Crippen LogP contribution in [0.15, 0.2) is 72.8 Å². The maximum atomic E-state index is 14.4. The molecule has 184 valence electrons. The van der Waals surface area contributed by atoms with E-state index in [4.69, 9.17) is 4.74 Å². The summed E-state index contributed by atoms with van der Waals surface area (Å²) in [6, 6.07) is 21.0. The lowest BCUT2D eigenvalue weighted by atomic mass is 9.78. The average Bonchev–Trinajstić information content (AvgIpc) is 2.90. The minimum absolute atomic E-state index is 0.0291. The second kappa shape index (κ2) is 12.2. The zero-order valence-corrected chi connectivity index (χ0v) is 20.9. The summed E-state index contributed by atoms with van der Waals surface area (Å²) < 4.78 is 33.4. The van der Waals surface area contributed by atoms with Crippen LogP contribution < -0.4 is 4.74 Å². The predicted molar refractivity (Wildman–Crippen MR) is 141 cm³/mol. The van der Waals surface area contributed by atoms with Gasteiger partial charge in [-0.15, -0.1) is 0 Å². The van der Waals surface area contributed by atoms with Crippen LogP contribution in [0.4, 0.5) is 8.78 Å². The molecule has 1 fully saturated rings. The van der Waals surface area contributed by atoms with Crippen molar-refractivity contribution in [3.63, 3.8) is 0 Å². The van der Waals surface area contributed by atoms with Crippen molar-refractivity contribution in [3.8, 4) is 16.9 Å². The van der Waals surface area contributed by atoms with Crippen molar-refractivity contribution in [2.75, 3.05) is 7.11 Å². The summed E-state index contributed by atoms with van der Waals surface area (Å²) in [5, 5.41) is 0. The molecule has 1 aliphatic rings. The molecule has 0 aliphatic heterocycles. The smallest absolute Gasteiger partial charge is 0.200 e. The van der Waals surface area contributed by atoms with E-state index in [1.54, 1.807) is 6.07 Å². The maximum Gasteiger partial charge on any atom is 0.200 e. The van der Waals surface area contributed by atoms with Gasteiger partial charge in [0.1, 0.15) is 0 Å². The lowest BCUT2D eigenvalue weighted by Crippen LogP contribution is -2.13. The first-order valence-corrected chi connectivity index (χ1v) is 13.0. The van der Waals surface area contributed by atoms with Crippen molar-refractivity contribution in [2.45, 2.75) is 64.2 Å². The third kappa shape index (κ3) is 6.39. The molecule has 0 aromatic heterocycles. The molecule has 4 rings (SSSR count). The first-order valence-electron chi connectivity index (χ1n) is 13.0. The highest BCUT2D eigenvalue weighted by atomic mass is 19.2. The molecule has 0 radical (unpaired) electrons. The van der Waals surface area contributed by atoms with E-state index in [2.05, 4.69) is 67.6 Å². The quantitative estimate of drug-likeness (QED) is 0.281. The first-order chi connectivity index (χ1) is 17.1. The van der Waals surface area contributed by atoms with E-state index >= 15 is 0 Å². The summed E-state index contributed by atoms with van der Waals surface area (Å²) >= 11 is 0. The molecule has 1 saturated carbocycles. The summed E-state index contributed by atoms with van der Waals surface area (Å²) in [5.74, 6) is -1.04. The lowest BCUT2D eigenvalue weighted by molar-refractivity contribution is 0.349. The van der Waals surface area contributed by atoms with Gasteiger partial charge in [0.05, 0.1) is 7.11 Å². The molecule has 3 aromatic carbocycles. The molecule has 3 heteroatoms. The SMILES string of the molecule is CCCc1ccc(-c2ccc(CC/C=C/C3CCC(c4ccc(OC)c(F)c4F)CC3)cc2)cc1. The Kier molecular flexibility index (Phi) is 8.74. The van der Waals surface area contributed by atoms with Crippen LogP contribution in [-0.2, 0) is 12.8 Å². The molecule has 0 heterocycles. The Morgan fingerprint density at radius 1 is 0.771 bits per heavy atom. The van der Waals surface area contributed by atoms with Gasteiger partial charge >= 0.3 is 0 Å². The zero-order valence-electron chi connectivity index (χ0n) is 20.9. The Labute approximate surface area is 208 Å². The van der Waals surface area contributed by atoms with E-state index < -0.39 is 11.6 Å². The zero-order chi connectivity index (χ0) is 24.6. The number of rotatable bonds is 9. The fourth-order valence-electron chi connectivity index (χ4n) is 5.20. The number of methoxy groups -OCH3 is 1. The minimum Gasteiger partial charge on any atom is -0.494 e. The van der Waals surface area contributed by atoms with Gasteiger partial charge < -0.3 is 4.74 Å². The van der Waals surface area contributed by atoms with Crippen molar-refractivity contribution in [1.82, 2.24) is 0 Å². The van der Waals surface area contributed by atoms with Crippen LogP contribution in [0, 0.1) is 17.6 Å². The number of hydrogen-bond donors (Lipinski definition) is 0. The molecule has 35 heavy (non-hydrogen) atoms. The van der Waals surface area contributed by atoms with Gasteiger partial charge in [0.2, 0.25) is 5.82 Å². The maximum absolute atomic E-state index is 14.4. The summed E-state index contributed by atoms with van der Waals surface area (Å²) in [4.78, 5) is 0. The molecular formula is C32H36F2O. The highest BCUT2D eigenvalue weighted by Crippen LogP contribution is 2.39. The van der Waals surface area contributed by atoms with Crippen LogP contribution in [0.25, 0.3) is 11.1 Å². The van der Waals surface area contributed by atoms with Gasteiger partial charge in [0.25, 0.3) is 0 Å². The molecule has 0 unspecified atom stereocenters. The normalized spacial score (nSPS) is 18.2. The standard InChI is InChI=1S/C32H36F2O/c1-3-6-23-9-15-26(16-10-23)27-17-11-24(12-18-27)7-4-5-8-25-13-19-28(20-14-25)29-21-22-30(35-2)32(34)31(29)33/h5,8-12,15-18,21-22,25,28H,3-4,6-7,13-14,19-20H2,1-2H3/b8-5+. The van der Waals surface area contributed by atoms with E-state index in [0.29, 0.717) is 11.5 Å². The molecule has 1 nitrogen and oxygen atoms in total. The average molecular weight is 475 g/mol. The molecule has 0 saturated heterocycles. The van der Waals surface area contributed by atoms with Gasteiger partial charge in [-0.1, -0.05) is 80.1 Å². The van der Waals surface area contributed by atoms with E-state index in [1.807, 2.05) is 0 Å². The third-order valence-corrected chi connectivity index (χ3v) is 7.30. The van der Waals surface area contributed by atoms with Crippen LogP contribution in [0.3, 0.4) is 0 Å². The van der Waals surface area contributed by atoms with Crippen LogP contribution in [0.5, 0.6) is 5.75 Å². The van der Waals surface area contributed by atoms with E-state index in [0.717, 1.165) is 44.9 Å². The summed E-state index contributed by atoms with van der Waals surface area (Å²) in [7, 11) is 1.36. The monoisotopic (exact) mass is 474 g/mol. The fourth-order valence-corrected chi connectivity index (χ4v) is 5.20. The topological polar surface area (TPSA) is 9.23 Å². The lowest BCUT2D eigenvalue weighted by Gasteiger charge is -2.27. The first kappa shape index (κ1) is 25.2. The van der Waals surface area contributed by atoms with Crippen molar-refractivity contribution >= 4 is 0 Å². The van der Waals surface area contributed by atoms with Crippen LogP contribution in [0.1, 0.15) is 68.1 Å². The Hall–Kier alpha value is -2.94. The molecular weight excluding hydrogens is 438 g/mol. The summed E-state index contributed by atoms with van der Waals surface area (Å²) in [5.41, 5.74) is 5.77. The Balaban J connectivity index is 1.23. The molecule has 0 N–H and O–H groups in total. The number of benzene rings is 3. The number of halogens is 2. The van der Waals surface area contributed by atoms with Crippen molar-refractivity contribution in [1.29, 1.82) is 0 Å². The minimum atomic E-state index is -0.870. The van der Waals surface area contributed by atoms with Gasteiger partial charge in [-0.05, 0) is 90.7 Å². The second-order valence-corrected chi connectivity index (χ2v) is 9.71. The van der Waals surface area contributed by atoms with Gasteiger partial charge in [-0.2, -0.15) is 4.39 Å². The van der Waals surface area contributed by atoms with E-state index in [-0.39, 0.29) is 11.7 Å². The van der Waals surface area contributed by atoms with E-state index in [1.165, 1.54) is 41.9 Å². The predicted octanol–water partition coefficient (Wildman–Crippen LogP) is 9.06. The van der Waals surface area contributed by atoms with Crippen LogP contribution in [-0.4, -0.2) is 7.11 Å². The molecule has 0 amide bonds. The van der Waals surface area contributed by atoms with Crippen molar-refractivity contribution in [2.24, 2.45) is 5.92 Å². The Morgan fingerprint density at radius 3 is 1.94 bits per heavy atom. The van der Waals surface area contributed by atoms with Crippen LogP contribution >= 0.6 is 0 Å². The van der Waals surface area contributed by atoms with E-state index in [9.17, 15) is 8.78 Å². The number of allylic oxidation sites excluding steroid dienone is 2. The van der Waals surface area contributed by atoms with Gasteiger partial charge in [-0.25, -0.2) is 4.39 Å². The Bertz CT molecular complexity index is 1110. The third-order valence-electron chi connectivity index (χ3n) is 7.30. The van der Waals surface area contributed by atoms with Gasteiger partial charge in [-0.3, -0.25) is 0 Å². The van der Waals surface area contributed by atoms with Crippen molar-refractivity contribution < 1.29 is 13.5 Å². The summed E-state index contributed by atoms with van der Waals surface area (Å²) in [6.07, 6.45) is 12.8. The number of ether oxygens (including phenoxy) is 1. The van der Waals surface area contributed by atoms with Crippen LogP contribution in [0.2, 0.25) is 0 Å². The molecule has 0 atom stereocenters. The number of aryl methyl sites for hydroxylation is 2. The molecule has 1 aliphatic carbocycles. The van der Waals surface area contributed by atoms with Gasteiger partial charge in [0.15, 0.2) is 11.6 Å². The van der Waals surface area contributed by atoms with Crippen molar-refractivity contribution in [3.05, 3.63) is 101 Å². The number of hydrogen-bond acceptors (Lipinski definition) is 1. The summed E-state index contributed by atoms with van der Waals surface area (Å²) in [6.45, 7) is 2.21. The fraction of sp³-hybridized carbons (Fsp3) is 0.375. The van der Waals surface area contributed by atoms with Gasteiger partial charge in [0, 0.05) is 0 Å². The molecule has 3 aromatic rings. The largest absolute Gasteiger partial charge is 0.494 e. The molecule has 0 spiro atoms. The highest BCUT2D eigenvalue weighted by molar-refractivity contribution is 5.64. The molecule has 0 bridgehead atoms. The second-order valence-electron chi connectivity index (χ2n) is 9.71.